The van der Waals surface area contributed by atoms with E-state index in [0.29, 0.717) is 0 Å². The molecule has 0 aliphatic heterocycles. The van der Waals surface area contributed by atoms with Crippen LogP contribution in [0.2, 0.25) is 0 Å². The molecule has 122 valence electrons. The van der Waals surface area contributed by atoms with Gasteiger partial charge in [-0.1, -0.05) is 37.6 Å². The highest BCUT2D eigenvalue weighted by Gasteiger charge is 2.26. The van der Waals surface area contributed by atoms with Crippen LogP contribution < -0.4 is 0 Å². The molecule has 1 aliphatic carbocycles. The highest BCUT2D eigenvalue weighted by Crippen LogP contribution is 2.40. The molecular weight excluding hydrogens is 275 g/mol. The zero-order chi connectivity index (χ0) is 16.8. The Labute approximate surface area is 134 Å². The molecule has 0 atom stereocenters. The Balaban J connectivity index is 2.89. The fraction of sp³-hybridized carbons (Fsp3) is 0.500. The zero-order valence-corrected chi connectivity index (χ0v) is 14.5. The van der Waals surface area contributed by atoms with E-state index >= 15 is 0 Å². The SMILES string of the molecule is CC1=C(/C=C/C(C)=C/C(F)=C\C(C)=C\CO)C(C)(C)CCC1. The molecule has 0 aromatic carbocycles. The first-order valence-electron chi connectivity index (χ1n) is 7.97. The maximum Gasteiger partial charge on any atom is 0.123 e. The molecule has 1 rings (SSSR count). The van der Waals surface area contributed by atoms with E-state index in [0.717, 1.165) is 17.6 Å². The molecule has 0 spiro atoms. The molecular formula is C20H29FO. The molecule has 0 radical (unpaired) electrons. The van der Waals surface area contributed by atoms with E-state index < -0.39 is 0 Å². The Bertz CT molecular complexity index is 542. The molecule has 0 unspecified atom stereocenters. The van der Waals surface area contributed by atoms with Crippen LogP contribution in [0.5, 0.6) is 0 Å². The zero-order valence-electron chi connectivity index (χ0n) is 14.5. The standard InChI is InChI=1S/C20H29FO/c1-15(13-18(21)14-16(2)10-12-22)8-9-19-17(3)7-6-11-20(19,4)5/h8-10,13-14,22H,6-7,11-12H2,1-5H3/b9-8+,15-13+,16-10+,18-14+. The summed E-state index contributed by atoms with van der Waals surface area (Å²) < 4.78 is 13.8. The summed E-state index contributed by atoms with van der Waals surface area (Å²) in [6.07, 6.45) is 12.3. The first-order chi connectivity index (χ1) is 10.3. The molecule has 2 heteroatoms. The number of hydrogen-bond donors (Lipinski definition) is 1. The Kier molecular flexibility index (Phi) is 7.02. The van der Waals surface area contributed by atoms with E-state index in [2.05, 4.69) is 26.8 Å². The summed E-state index contributed by atoms with van der Waals surface area (Å²) in [6.45, 7) is 10.4. The van der Waals surface area contributed by atoms with Crippen LogP contribution in [0.1, 0.15) is 53.9 Å². The predicted molar refractivity (Wildman–Crippen MR) is 93.3 cm³/mol. The second-order valence-corrected chi connectivity index (χ2v) is 6.81. The second kappa shape index (κ2) is 8.28. The van der Waals surface area contributed by atoms with Crippen molar-refractivity contribution in [2.45, 2.75) is 53.9 Å². The summed E-state index contributed by atoms with van der Waals surface area (Å²) >= 11 is 0. The highest BCUT2D eigenvalue weighted by molar-refractivity contribution is 5.38. The molecule has 1 N–H and O–H groups in total. The van der Waals surface area contributed by atoms with Crippen LogP contribution in [0.3, 0.4) is 0 Å². The molecule has 0 bridgehead atoms. The van der Waals surface area contributed by atoms with Crippen molar-refractivity contribution in [1.29, 1.82) is 0 Å². The van der Waals surface area contributed by atoms with Gasteiger partial charge < -0.3 is 5.11 Å². The van der Waals surface area contributed by atoms with Crippen LogP contribution in [-0.4, -0.2) is 11.7 Å². The van der Waals surface area contributed by atoms with Gasteiger partial charge >= 0.3 is 0 Å². The van der Waals surface area contributed by atoms with Gasteiger partial charge in [0.15, 0.2) is 0 Å². The molecule has 0 saturated heterocycles. The number of aliphatic hydroxyl groups excluding tert-OH is 1. The van der Waals surface area contributed by atoms with Gasteiger partial charge in [-0.05, 0) is 74.3 Å². The van der Waals surface area contributed by atoms with Crippen molar-refractivity contribution in [3.63, 3.8) is 0 Å². The van der Waals surface area contributed by atoms with Crippen molar-refractivity contribution in [2.75, 3.05) is 6.61 Å². The van der Waals surface area contributed by atoms with E-state index in [1.54, 1.807) is 13.0 Å². The largest absolute Gasteiger partial charge is 0.392 e. The van der Waals surface area contributed by atoms with Crippen LogP contribution in [0.15, 0.2) is 58.5 Å². The molecule has 22 heavy (non-hydrogen) atoms. The van der Waals surface area contributed by atoms with E-state index in [1.807, 2.05) is 13.0 Å². The van der Waals surface area contributed by atoms with Gasteiger partial charge in [-0.2, -0.15) is 0 Å². The Hall–Kier alpha value is -1.41. The van der Waals surface area contributed by atoms with E-state index in [4.69, 9.17) is 5.11 Å². The fourth-order valence-corrected chi connectivity index (χ4v) is 2.95. The minimum Gasteiger partial charge on any atom is -0.392 e. The minimum atomic E-state index is -0.294. The van der Waals surface area contributed by atoms with Crippen molar-refractivity contribution in [3.05, 3.63) is 58.5 Å². The van der Waals surface area contributed by atoms with E-state index in [-0.39, 0.29) is 17.8 Å². The van der Waals surface area contributed by atoms with Crippen LogP contribution in [-0.2, 0) is 0 Å². The third-order valence-corrected chi connectivity index (χ3v) is 4.20. The highest BCUT2D eigenvalue weighted by atomic mass is 19.1. The third kappa shape index (κ3) is 5.76. The van der Waals surface area contributed by atoms with E-state index in [9.17, 15) is 4.39 Å². The summed E-state index contributed by atoms with van der Waals surface area (Å²) in [7, 11) is 0. The summed E-state index contributed by atoms with van der Waals surface area (Å²) in [4.78, 5) is 0. The quantitative estimate of drug-likeness (QED) is 0.636. The second-order valence-electron chi connectivity index (χ2n) is 6.81. The number of rotatable bonds is 5. The molecule has 0 heterocycles. The predicted octanol–water partition coefficient (Wildman–Crippen LogP) is 5.81. The van der Waals surface area contributed by atoms with Gasteiger partial charge in [0.2, 0.25) is 0 Å². The molecule has 0 aromatic heterocycles. The van der Waals surface area contributed by atoms with Gasteiger partial charge in [0.25, 0.3) is 0 Å². The van der Waals surface area contributed by atoms with Gasteiger partial charge in [-0.25, -0.2) is 4.39 Å². The first kappa shape index (κ1) is 18.6. The number of hydrogen-bond acceptors (Lipinski definition) is 1. The molecule has 0 aromatic rings. The lowest BCUT2D eigenvalue weighted by Crippen LogP contribution is -2.19. The lowest BCUT2D eigenvalue weighted by Gasteiger charge is -2.32. The third-order valence-electron chi connectivity index (χ3n) is 4.20. The van der Waals surface area contributed by atoms with Crippen LogP contribution in [0, 0.1) is 5.41 Å². The maximum absolute atomic E-state index is 13.8. The van der Waals surface area contributed by atoms with Crippen molar-refractivity contribution >= 4 is 0 Å². The minimum absolute atomic E-state index is 0.0687. The monoisotopic (exact) mass is 304 g/mol. The van der Waals surface area contributed by atoms with Crippen molar-refractivity contribution in [3.8, 4) is 0 Å². The number of allylic oxidation sites excluding steroid dienone is 9. The van der Waals surface area contributed by atoms with Crippen molar-refractivity contribution < 1.29 is 9.50 Å². The summed E-state index contributed by atoms with van der Waals surface area (Å²) in [5.74, 6) is -0.294. The van der Waals surface area contributed by atoms with Crippen molar-refractivity contribution in [1.82, 2.24) is 0 Å². The summed E-state index contributed by atoms with van der Waals surface area (Å²) in [6, 6.07) is 0. The average molecular weight is 304 g/mol. The van der Waals surface area contributed by atoms with Crippen LogP contribution in [0.4, 0.5) is 4.39 Å². The molecule has 1 nitrogen and oxygen atoms in total. The number of aliphatic hydroxyl groups is 1. The maximum atomic E-state index is 13.8. The van der Waals surface area contributed by atoms with Gasteiger partial charge in [0.1, 0.15) is 5.83 Å². The van der Waals surface area contributed by atoms with Gasteiger partial charge in [-0.15, -0.1) is 0 Å². The molecule has 0 saturated carbocycles. The topological polar surface area (TPSA) is 20.2 Å². The Morgan fingerprint density at radius 1 is 1.23 bits per heavy atom. The first-order valence-corrected chi connectivity index (χ1v) is 7.97. The van der Waals surface area contributed by atoms with Crippen LogP contribution >= 0.6 is 0 Å². The number of halogens is 1. The van der Waals surface area contributed by atoms with Gasteiger partial charge in [-0.3, -0.25) is 0 Å². The Morgan fingerprint density at radius 3 is 2.50 bits per heavy atom. The van der Waals surface area contributed by atoms with Crippen molar-refractivity contribution in [2.24, 2.45) is 5.41 Å². The van der Waals surface area contributed by atoms with Crippen LogP contribution in [0.25, 0.3) is 0 Å². The lowest BCUT2D eigenvalue weighted by molar-refractivity contribution is 0.342. The average Bonchev–Trinajstić information content (AvgIpc) is 2.37. The fourth-order valence-electron chi connectivity index (χ4n) is 2.95. The summed E-state index contributed by atoms with van der Waals surface area (Å²) in [5.41, 5.74) is 4.63. The van der Waals surface area contributed by atoms with E-state index in [1.165, 1.54) is 36.1 Å². The molecule has 0 amide bonds. The summed E-state index contributed by atoms with van der Waals surface area (Å²) in [5, 5.41) is 8.77. The molecule has 1 aliphatic rings. The Morgan fingerprint density at radius 2 is 1.91 bits per heavy atom. The molecule has 0 fully saturated rings. The lowest BCUT2D eigenvalue weighted by atomic mass is 9.72. The van der Waals surface area contributed by atoms with Gasteiger partial charge in [0, 0.05) is 0 Å². The smallest absolute Gasteiger partial charge is 0.123 e. The van der Waals surface area contributed by atoms with Gasteiger partial charge in [0.05, 0.1) is 6.61 Å². The normalized spacial score (nSPS) is 21.0.